The Morgan fingerprint density at radius 1 is 1.35 bits per heavy atom. The number of carboxylic acids is 1. The van der Waals surface area contributed by atoms with E-state index in [9.17, 15) is 18.0 Å². The van der Waals surface area contributed by atoms with Gasteiger partial charge in [0, 0.05) is 0 Å². The number of benzene rings is 1. The molecule has 0 saturated heterocycles. The Kier molecular flexibility index (Phi) is 4.37. The van der Waals surface area contributed by atoms with Crippen LogP contribution in [0.2, 0.25) is 0 Å². The zero-order valence-electron chi connectivity index (χ0n) is 9.14. The Morgan fingerprint density at radius 3 is 2.53 bits per heavy atom. The lowest BCUT2D eigenvalue weighted by Gasteiger charge is -2.15. The van der Waals surface area contributed by atoms with E-state index in [1.807, 2.05) is 0 Å². The molecule has 0 aromatic heterocycles. The molecule has 1 atom stereocenters. The third kappa shape index (κ3) is 3.12. The minimum absolute atomic E-state index is 0.258. The predicted molar refractivity (Wildman–Crippen MR) is 56.3 cm³/mol. The zero-order chi connectivity index (χ0) is 13.0. The van der Waals surface area contributed by atoms with Crippen LogP contribution in [-0.2, 0) is 4.79 Å². The second-order valence-corrected chi connectivity index (χ2v) is 3.55. The van der Waals surface area contributed by atoms with Gasteiger partial charge in [-0.25, -0.2) is 18.0 Å². The van der Waals surface area contributed by atoms with Crippen LogP contribution in [0.25, 0.3) is 0 Å². The van der Waals surface area contributed by atoms with Gasteiger partial charge in [0.15, 0.2) is 17.5 Å². The minimum atomic E-state index is -1.62. The molecule has 0 aliphatic carbocycles. The molecule has 1 aromatic rings. The largest absolute Gasteiger partial charge is 0.480 e. The molecule has 0 spiro atoms. The maximum atomic E-state index is 13.3. The molecule has 0 fully saturated rings. The van der Waals surface area contributed by atoms with Crippen molar-refractivity contribution in [2.75, 3.05) is 5.32 Å². The highest BCUT2D eigenvalue weighted by Crippen LogP contribution is 2.21. The lowest BCUT2D eigenvalue weighted by atomic mass is 10.1. The molecule has 1 aromatic carbocycles. The summed E-state index contributed by atoms with van der Waals surface area (Å²) in [6.45, 7) is 1.76. The van der Waals surface area contributed by atoms with E-state index in [1.54, 1.807) is 6.92 Å². The molecule has 0 amide bonds. The number of hydrogen-bond acceptors (Lipinski definition) is 2. The summed E-state index contributed by atoms with van der Waals surface area (Å²) in [5, 5.41) is 11.2. The highest BCUT2D eigenvalue weighted by molar-refractivity contribution is 5.77. The summed E-state index contributed by atoms with van der Waals surface area (Å²) in [5.74, 6) is -5.51. The lowest BCUT2D eigenvalue weighted by Crippen LogP contribution is -2.29. The second-order valence-electron chi connectivity index (χ2n) is 3.55. The van der Waals surface area contributed by atoms with Gasteiger partial charge < -0.3 is 10.4 Å². The van der Waals surface area contributed by atoms with E-state index in [0.29, 0.717) is 6.42 Å². The van der Waals surface area contributed by atoms with Gasteiger partial charge in [-0.05, 0) is 18.6 Å². The van der Waals surface area contributed by atoms with Crippen LogP contribution in [-0.4, -0.2) is 17.1 Å². The monoisotopic (exact) mass is 247 g/mol. The molecule has 3 nitrogen and oxygen atoms in total. The van der Waals surface area contributed by atoms with Crippen molar-refractivity contribution in [1.29, 1.82) is 0 Å². The van der Waals surface area contributed by atoms with Gasteiger partial charge in [-0.15, -0.1) is 0 Å². The van der Waals surface area contributed by atoms with Crippen molar-refractivity contribution < 1.29 is 23.1 Å². The van der Waals surface area contributed by atoms with Crippen LogP contribution in [0, 0.1) is 17.5 Å². The number of halogens is 3. The van der Waals surface area contributed by atoms with Gasteiger partial charge >= 0.3 is 5.97 Å². The Labute approximate surface area is 96.3 Å². The molecule has 0 bridgehead atoms. The first-order chi connectivity index (χ1) is 7.97. The Balaban J connectivity index is 2.94. The maximum Gasteiger partial charge on any atom is 0.326 e. The summed E-state index contributed by atoms with van der Waals surface area (Å²) in [7, 11) is 0. The number of carboxylic acid groups (broad SMARTS) is 1. The summed E-state index contributed by atoms with van der Waals surface area (Å²) < 4.78 is 38.8. The highest BCUT2D eigenvalue weighted by atomic mass is 19.2. The van der Waals surface area contributed by atoms with Gasteiger partial charge in [-0.2, -0.15) is 0 Å². The van der Waals surface area contributed by atoms with Crippen molar-refractivity contribution in [3.8, 4) is 0 Å². The van der Waals surface area contributed by atoms with E-state index < -0.39 is 29.5 Å². The van der Waals surface area contributed by atoms with Gasteiger partial charge in [-0.3, -0.25) is 0 Å². The second kappa shape index (κ2) is 5.56. The average molecular weight is 247 g/mol. The first kappa shape index (κ1) is 13.3. The van der Waals surface area contributed by atoms with Crippen LogP contribution in [0.5, 0.6) is 0 Å². The maximum absolute atomic E-state index is 13.3. The predicted octanol–water partition coefficient (Wildman–Crippen LogP) is 2.77. The van der Waals surface area contributed by atoms with E-state index in [4.69, 9.17) is 5.11 Å². The van der Waals surface area contributed by atoms with Crippen LogP contribution in [0.4, 0.5) is 18.9 Å². The summed E-state index contributed by atoms with van der Waals surface area (Å²) in [6, 6.07) is 0.685. The SMILES string of the molecule is CCC[C@H](Nc1ccc(F)c(F)c1F)C(=O)O. The summed E-state index contributed by atoms with van der Waals surface area (Å²) in [4.78, 5) is 10.8. The topological polar surface area (TPSA) is 49.3 Å². The molecule has 94 valence electrons. The summed E-state index contributed by atoms with van der Waals surface area (Å²) in [5.41, 5.74) is -0.357. The molecule has 2 N–H and O–H groups in total. The molecular weight excluding hydrogens is 235 g/mol. The fourth-order valence-corrected chi connectivity index (χ4v) is 1.37. The van der Waals surface area contributed by atoms with Gasteiger partial charge in [0.2, 0.25) is 0 Å². The number of anilines is 1. The Bertz CT molecular complexity index is 423. The van der Waals surface area contributed by atoms with Gasteiger partial charge in [0.25, 0.3) is 0 Å². The van der Waals surface area contributed by atoms with Crippen LogP contribution in [0.1, 0.15) is 19.8 Å². The van der Waals surface area contributed by atoms with Crippen LogP contribution < -0.4 is 5.32 Å². The molecular formula is C11H12F3NO2. The standard InChI is InChI=1S/C11H12F3NO2/c1-2-3-8(11(16)17)15-7-5-4-6(12)9(13)10(7)14/h4-5,8,15H,2-3H2,1H3,(H,16,17)/t8-/m0/s1. The number of nitrogens with one attached hydrogen (secondary N) is 1. The fourth-order valence-electron chi connectivity index (χ4n) is 1.37. The van der Waals surface area contributed by atoms with Crippen molar-refractivity contribution in [3.63, 3.8) is 0 Å². The van der Waals surface area contributed by atoms with Crippen molar-refractivity contribution in [1.82, 2.24) is 0 Å². The zero-order valence-corrected chi connectivity index (χ0v) is 9.14. The Morgan fingerprint density at radius 2 is 2.00 bits per heavy atom. The molecule has 0 aliphatic rings. The third-order valence-electron chi connectivity index (χ3n) is 2.24. The molecule has 17 heavy (non-hydrogen) atoms. The van der Waals surface area contributed by atoms with E-state index in [0.717, 1.165) is 12.1 Å². The van der Waals surface area contributed by atoms with E-state index in [-0.39, 0.29) is 12.1 Å². The summed E-state index contributed by atoms with van der Waals surface area (Å²) in [6.07, 6.45) is 0.822. The Hall–Kier alpha value is -1.72. The molecule has 0 aliphatic heterocycles. The number of carbonyl (C=O) groups is 1. The molecule has 0 saturated carbocycles. The quantitative estimate of drug-likeness (QED) is 0.786. The first-order valence-corrected chi connectivity index (χ1v) is 5.10. The van der Waals surface area contributed by atoms with Crippen LogP contribution >= 0.6 is 0 Å². The fraction of sp³-hybridized carbons (Fsp3) is 0.364. The van der Waals surface area contributed by atoms with E-state index in [2.05, 4.69) is 5.32 Å². The van der Waals surface area contributed by atoms with E-state index in [1.165, 1.54) is 0 Å². The normalized spacial score (nSPS) is 12.2. The van der Waals surface area contributed by atoms with Crippen LogP contribution in [0.15, 0.2) is 12.1 Å². The van der Waals surface area contributed by atoms with Gasteiger partial charge in [0.1, 0.15) is 6.04 Å². The van der Waals surface area contributed by atoms with Gasteiger partial charge in [-0.1, -0.05) is 13.3 Å². The van der Waals surface area contributed by atoms with Crippen LogP contribution in [0.3, 0.4) is 0 Å². The molecule has 6 heteroatoms. The van der Waals surface area contributed by atoms with Crippen molar-refractivity contribution in [2.24, 2.45) is 0 Å². The van der Waals surface area contributed by atoms with Crippen molar-refractivity contribution in [2.45, 2.75) is 25.8 Å². The molecule has 0 radical (unpaired) electrons. The number of aliphatic carboxylic acids is 1. The average Bonchev–Trinajstić information content (AvgIpc) is 2.28. The molecule has 1 rings (SSSR count). The summed E-state index contributed by atoms with van der Waals surface area (Å²) >= 11 is 0. The smallest absolute Gasteiger partial charge is 0.326 e. The third-order valence-corrected chi connectivity index (χ3v) is 2.24. The lowest BCUT2D eigenvalue weighted by molar-refractivity contribution is -0.138. The van der Waals surface area contributed by atoms with Crippen molar-refractivity contribution >= 4 is 11.7 Å². The number of hydrogen-bond donors (Lipinski definition) is 2. The molecule has 0 unspecified atom stereocenters. The van der Waals surface area contributed by atoms with Crippen molar-refractivity contribution in [3.05, 3.63) is 29.6 Å². The van der Waals surface area contributed by atoms with Gasteiger partial charge in [0.05, 0.1) is 5.69 Å². The highest BCUT2D eigenvalue weighted by Gasteiger charge is 2.20. The minimum Gasteiger partial charge on any atom is -0.480 e. The molecule has 0 heterocycles. The van der Waals surface area contributed by atoms with E-state index >= 15 is 0 Å². The number of rotatable bonds is 5. The first-order valence-electron chi connectivity index (χ1n) is 5.10.